The van der Waals surface area contributed by atoms with E-state index in [1.807, 2.05) is 112 Å². The largest absolute Gasteiger partial charge is 0.307 e. The highest BCUT2D eigenvalue weighted by Crippen LogP contribution is 2.48. The van der Waals surface area contributed by atoms with Crippen molar-refractivity contribution in [2.75, 3.05) is 0 Å². The summed E-state index contributed by atoms with van der Waals surface area (Å²) >= 11 is 0. The Bertz CT molecular complexity index is 5040. The van der Waals surface area contributed by atoms with Gasteiger partial charge in [0.25, 0.3) is 0 Å². The number of rotatable bonds is 5. The van der Waals surface area contributed by atoms with Gasteiger partial charge in [0.05, 0.1) is 83.8 Å². The molecule has 0 N–H and O–H groups in total. The van der Waals surface area contributed by atoms with Crippen LogP contribution in [-0.2, 0) is 0 Å². The zero-order valence-corrected chi connectivity index (χ0v) is 39.4. The molecule has 8 nitrogen and oxygen atoms in total. The fourth-order valence-electron chi connectivity index (χ4n) is 11.8. The Balaban J connectivity index is 1.09. The predicted molar refractivity (Wildman–Crippen MR) is 288 cm³/mol. The van der Waals surface area contributed by atoms with E-state index in [4.69, 9.17) is 0 Å². The zero-order valence-electron chi connectivity index (χ0n) is 39.4. The quantitative estimate of drug-likeness (QED) is 0.160. The van der Waals surface area contributed by atoms with Crippen LogP contribution in [0.4, 0.5) is 17.6 Å². The maximum absolute atomic E-state index is 15.9. The third-order valence-corrected chi connectivity index (χ3v) is 14.8. The first-order chi connectivity index (χ1) is 37.2. The van der Waals surface area contributed by atoms with Gasteiger partial charge in [-0.3, -0.25) is 0 Å². The number of nitrogens with zero attached hydrogens (tertiary/aromatic N) is 8. The van der Waals surface area contributed by atoms with E-state index in [1.165, 1.54) is 42.5 Å². The van der Waals surface area contributed by atoms with E-state index in [-0.39, 0.29) is 33.6 Å². The maximum atomic E-state index is 15.9. The van der Waals surface area contributed by atoms with Crippen LogP contribution in [0.25, 0.3) is 121 Å². The minimum atomic E-state index is -0.760. The minimum absolute atomic E-state index is 0.162. The van der Waals surface area contributed by atoms with Crippen molar-refractivity contribution in [2.45, 2.75) is 0 Å². The molecule has 0 unspecified atom stereocenters. The van der Waals surface area contributed by atoms with E-state index in [0.717, 1.165) is 10.8 Å². The third-order valence-electron chi connectivity index (χ3n) is 14.8. The Kier molecular flexibility index (Phi) is 9.40. The van der Waals surface area contributed by atoms with Crippen molar-refractivity contribution in [3.05, 3.63) is 228 Å². The van der Waals surface area contributed by atoms with Gasteiger partial charge in [0.1, 0.15) is 52.9 Å². The van der Waals surface area contributed by atoms with Crippen molar-refractivity contribution >= 4 is 87.2 Å². The van der Waals surface area contributed by atoms with Gasteiger partial charge < -0.3 is 18.3 Å². The predicted octanol–water partition coefficient (Wildman–Crippen LogP) is 15.8. The number of halogens is 4. The van der Waals surface area contributed by atoms with Crippen LogP contribution in [-0.4, -0.2) is 18.3 Å². The second kappa shape index (κ2) is 16.3. The van der Waals surface area contributed by atoms with Gasteiger partial charge in [-0.15, -0.1) is 0 Å². The lowest BCUT2D eigenvalue weighted by atomic mass is 9.94. The SMILES string of the molecule is N#Cc1ccc(-n2c3cccc(-c4cc(C#N)c(-n5c6ccccc6c6ccc7c(c8ccccc8n7-c7c(F)cccc7F)c65)c(C#N)c4)c3c3ccc4c(c5ccccc5n4-c4c(F)cccc4F)c32)c(C#N)c1. The molecule has 0 atom stereocenters. The topological polar surface area (TPSA) is 115 Å². The summed E-state index contributed by atoms with van der Waals surface area (Å²) in [5, 5.41) is 49.0. The summed E-state index contributed by atoms with van der Waals surface area (Å²) in [7, 11) is 0. The van der Waals surface area contributed by atoms with Crippen LogP contribution in [0, 0.1) is 68.6 Å². The summed E-state index contributed by atoms with van der Waals surface area (Å²) in [6.45, 7) is 0. The van der Waals surface area contributed by atoms with Crippen LogP contribution >= 0.6 is 0 Å². The van der Waals surface area contributed by atoms with Gasteiger partial charge in [-0.2, -0.15) is 21.0 Å². The van der Waals surface area contributed by atoms with E-state index < -0.39 is 23.3 Å². The highest BCUT2D eigenvalue weighted by Gasteiger charge is 2.29. The molecule has 0 aliphatic rings. The van der Waals surface area contributed by atoms with E-state index in [0.29, 0.717) is 99.0 Å². The van der Waals surface area contributed by atoms with Crippen molar-refractivity contribution in [1.29, 1.82) is 21.0 Å². The highest BCUT2D eigenvalue weighted by molar-refractivity contribution is 6.29. The van der Waals surface area contributed by atoms with Crippen molar-refractivity contribution < 1.29 is 17.6 Å². The number of benzene rings is 10. The van der Waals surface area contributed by atoms with E-state index in [9.17, 15) is 21.0 Å². The summed E-state index contributed by atoms with van der Waals surface area (Å²) in [6.07, 6.45) is 0. The summed E-state index contributed by atoms with van der Waals surface area (Å²) < 4.78 is 70.5. The summed E-state index contributed by atoms with van der Waals surface area (Å²) in [6, 6.07) is 60.6. The molecule has 0 saturated carbocycles. The smallest absolute Gasteiger partial charge is 0.150 e. The first-order valence-electron chi connectivity index (χ1n) is 24.0. The second-order valence-electron chi connectivity index (χ2n) is 18.5. The molecular formula is C64H30F4N8. The number of aromatic nitrogens is 4. The Morgan fingerprint density at radius 2 is 0.776 bits per heavy atom. The molecule has 0 saturated heterocycles. The van der Waals surface area contributed by atoms with E-state index in [2.05, 4.69) is 24.3 Å². The summed E-state index contributed by atoms with van der Waals surface area (Å²) in [5.41, 5.74) is 6.87. The maximum Gasteiger partial charge on any atom is 0.150 e. The van der Waals surface area contributed by atoms with Crippen LogP contribution in [0.15, 0.2) is 182 Å². The Morgan fingerprint density at radius 1 is 0.316 bits per heavy atom. The van der Waals surface area contributed by atoms with Gasteiger partial charge in [0.2, 0.25) is 0 Å². The number of hydrogen-bond acceptors (Lipinski definition) is 4. The Morgan fingerprint density at radius 3 is 1.32 bits per heavy atom. The molecule has 14 rings (SSSR count). The van der Waals surface area contributed by atoms with Crippen LogP contribution in [0.1, 0.15) is 22.3 Å². The molecule has 76 heavy (non-hydrogen) atoms. The highest BCUT2D eigenvalue weighted by atomic mass is 19.1. The molecule has 0 fully saturated rings. The van der Waals surface area contributed by atoms with Crippen molar-refractivity contribution in [2.24, 2.45) is 0 Å². The molecule has 0 spiro atoms. The molecular weight excluding hydrogens is 957 g/mol. The third kappa shape index (κ3) is 5.89. The monoisotopic (exact) mass is 986 g/mol. The molecule has 4 heterocycles. The molecule has 14 aromatic rings. The standard InChI is InChI=1S/C64H30F4N8/c65-46-14-8-15-47(66)63(46)74-52-19-5-2-11-43(52)58-55(74)26-23-42-41-10-1-4-18-51(41)76(61(42)58)60-38(33-71)29-36(30-39(60)34-72)40-13-7-21-54-57(40)45-24-27-56-59(62(45)73(54)50-25-22-35(31-69)28-37(50)32-70)44-12-3-6-20-53(44)75(56)64-48(67)16-9-17-49(64)68/h1-30H. The minimum Gasteiger partial charge on any atom is -0.307 e. The van der Waals surface area contributed by atoms with Crippen molar-refractivity contribution in [3.63, 3.8) is 0 Å². The van der Waals surface area contributed by atoms with Gasteiger partial charge in [-0.1, -0.05) is 91.0 Å². The molecule has 0 bridgehead atoms. The second-order valence-corrected chi connectivity index (χ2v) is 18.5. The lowest BCUT2D eigenvalue weighted by Gasteiger charge is -2.16. The van der Waals surface area contributed by atoms with Gasteiger partial charge in [-0.05, 0) is 102 Å². The van der Waals surface area contributed by atoms with Gasteiger partial charge in [-0.25, -0.2) is 17.6 Å². The van der Waals surface area contributed by atoms with Crippen LogP contribution < -0.4 is 0 Å². The number of para-hydroxylation sites is 5. The first-order valence-corrected chi connectivity index (χ1v) is 24.0. The van der Waals surface area contributed by atoms with Crippen LogP contribution in [0.5, 0.6) is 0 Å². The average molecular weight is 987 g/mol. The van der Waals surface area contributed by atoms with E-state index in [1.54, 1.807) is 45.5 Å². The molecule has 0 aliphatic heterocycles. The number of nitriles is 4. The molecule has 0 amide bonds. The molecule has 354 valence electrons. The van der Waals surface area contributed by atoms with Crippen molar-refractivity contribution in [1.82, 2.24) is 18.3 Å². The average Bonchev–Trinajstić information content (AvgIpc) is 4.31. The fourth-order valence-corrected chi connectivity index (χ4v) is 11.8. The van der Waals surface area contributed by atoms with Crippen molar-refractivity contribution in [3.8, 4) is 58.2 Å². The molecule has 12 heteroatoms. The van der Waals surface area contributed by atoms with Gasteiger partial charge in [0.15, 0.2) is 0 Å². The normalized spacial score (nSPS) is 11.6. The van der Waals surface area contributed by atoms with E-state index >= 15 is 17.6 Å². The Hall–Kier alpha value is -10.9. The van der Waals surface area contributed by atoms with Crippen LogP contribution in [0.3, 0.4) is 0 Å². The number of hydrogen-bond donors (Lipinski definition) is 0. The van der Waals surface area contributed by atoms with Gasteiger partial charge in [0, 0.05) is 43.1 Å². The van der Waals surface area contributed by atoms with Gasteiger partial charge >= 0.3 is 0 Å². The molecule has 0 aliphatic carbocycles. The zero-order chi connectivity index (χ0) is 51.7. The fraction of sp³-hybridized carbons (Fsp3) is 0. The lowest BCUT2D eigenvalue weighted by molar-refractivity contribution is 0.572. The number of fused-ring (bicyclic) bond motifs is 14. The first kappa shape index (κ1) is 43.8. The summed E-state index contributed by atoms with van der Waals surface area (Å²) in [4.78, 5) is 0. The molecule has 4 aromatic heterocycles. The van der Waals surface area contributed by atoms with Crippen LogP contribution in [0.2, 0.25) is 0 Å². The molecule has 10 aromatic carbocycles. The lowest BCUT2D eigenvalue weighted by Crippen LogP contribution is -2.03. The Labute approximate surface area is 428 Å². The summed E-state index contributed by atoms with van der Waals surface area (Å²) in [5.74, 6) is -3.01. The molecule has 0 radical (unpaired) electrons.